The third-order valence-corrected chi connectivity index (χ3v) is 3.07. The van der Waals surface area contributed by atoms with E-state index in [4.69, 9.17) is 4.74 Å². The highest BCUT2D eigenvalue weighted by Crippen LogP contribution is 2.09. The zero-order valence-corrected chi connectivity index (χ0v) is 8.91. The molecule has 0 fully saturated rings. The third-order valence-electron chi connectivity index (χ3n) is 1.56. The van der Waals surface area contributed by atoms with Gasteiger partial charge in [0.15, 0.2) is 0 Å². The number of nitrogens with zero attached hydrogens (tertiary/aromatic N) is 2. The molecule has 1 heterocycles. The van der Waals surface area contributed by atoms with Crippen LogP contribution in [0.25, 0.3) is 0 Å². The Kier molecular flexibility index (Phi) is 3.40. The molecular weight excluding hydrogens is 204 g/mol. The highest BCUT2D eigenvalue weighted by Gasteiger charge is 2.15. The summed E-state index contributed by atoms with van der Waals surface area (Å²) < 4.78 is 27.8. The predicted molar refractivity (Wildman–Crippen MR) is 50.9 cm³/mol. The standard InChI is InChI=1S/C8H12N2O3S/c1-3-13-7-5-6-9-8(10-7)14(11,12)4-2/h5-6H,3-4H2,1-2H3. The van der Waals surface area contributed by atoms with Crippen molar-refractivity contribution in [3.05, 3.63) is 12.3 Å². The Bertz CT molecular complexity index is 403. The lowest BCUT2D eigenvalue weighted by Crippen LogP contribution is -2.09. The molecule has 1 aromatic heterocycles. The molecule has 1 aromatic rings. The third kappa shape index (κ3) is 2.41. The van der Waals surface area contributed by atoms with E-state index in [2.05, 4.69) is 9.97 Å². The number of sulfone groups is 1. The maximum absolute atomic E-state index is 11.4. The van der Waals surface area contributed by atoms with Gasteiger partial charge in [0.2, 0.25) is 20.9 Å². The van der Waals surface area contributed by atoms with Crippen molar-refractivity contribution < 1.29 is 13.2 Å². The summed E-state index contributed by atoms with van der Waals surface area (Å²) in [5.41, 5.74) is 0. The second-order valence-corrected chi connectivity index (χ2v) is 4.69. The lowest BCUT2D eigenvalue weighted by atomic mass is 10.6. The van der Waals surface area contributed by atoms with Crippen LogP contribution >= 0.6 is 0 Å². The van der Waals surface area contributed by atoms with E-state index < -0.39 is 9.84 Å². The number of hydrogen-bond donors (Lipinski definition) is 0. The van der Waals surface area contributed by atoms with Gasteiger partial charge < -0.3 is 4.74 Å². The molecule has 6 heteroatoms. The fourth-order valence-corrected chi connectivity index (χ4v) is 1.54. The number of rotatable bonds is 4. The molecule has 0 amide bonds. The molecule has 0 N–H and O–H groups in total. The molecular formula is C8H12N2O3S. The average molecular weight is 216 g/mol. The molecule has 0 aliphatic carbocycles. The van der Waals surface area contributed by atoms with E-state index in [1.807, 2.05) is 0 Å². The number of aromatic nitrogens is 2. The van der Waals surface area contributed by atoms with Crippen molar-refractivity contribution in [2.24, 2.45) is 0 Å². The summed E-state index contributed by atoms with van der Waals surface area (Å²) >= 11 is 0. The normalized spacial score (nSPS) is 11.3. The molecule has 0 aliphatic heterocycles. The minimum Gasteiger partial charge on any atom is -0.478 e. The summed E-state index contributed by atoms with van der Waals surface area (Å²) in [7, 11) is -3.34. The van der Waals surface area contributed by atoms with Gasteiger partial charge in [0.25, 0.3) is 0 Å². The first kappa shape index (κ1) is 10.9. The van der Waals surface area contributed by atoms with Crippen molar-refractivity contribution in [1.29, 1.82) is 0 Å². The van der Waals surface area contributed by atoms with E-state index in [0.29, 0.717) is 6.61 Å². The molecule has 78 valence electrons. The molecule has 0 aliphatic rings. The lowest BCUT2D eigenvalue weighted by Gasteiger charge is -2.03. The quantitative estimate of drug-likeness (QED) is 0.692. The van der Waals surface area contributed by atoms with Crippen LogP contribution in [0.2, 0.25) is 0 Å². The van der Waals surface area contributed by atoms with Gasteiger partial charge in [0, 0.05) is 12.3 Å². The number of ether oxygens (including phenoxy) is 1. The predicted octanol–water partition coefficient (Wildman–Crippen LogP) is 0.669. The summed E-state index contributed by atoms with van der Waals surface area (Å²) in [5.74, 6) is 0.275. The van der Waals surface area contributed by atoms with Crippen LogP contribution < -0.4 is 4.74 Å². The lowest BCUT2D eigenvalue weighted by molar-refractivity contribution is 0.322. The molecule has 5 nitrogen and oxygen atoms in total. The van der Waals surface area contributed by atoms with Gasteiger partial charge in [-0.05, 0) is 6.92 Å². The summed E-state index contributed by atoms with van der Waals surface area (Å²) in [6.45, 7) is 3.80. The largest absolute Gasteiger partial charge is 0.478 e. The average Bonchev–Trinajstić information content (AvgIpc) is 2.19. The van der Waals surface area contributed by atoms with Gasteiger partial charge in [-0.1, -0.05) is 6.92 Å². The molecule has 0 unspecified atom stereocenters. The highest BCUT2D eigenvalue weighted by atomic mass is 32.2. The Morgan fingerprint density at radius 2 is 2.14 bits per heavy atom. The van der Waals surface area contributed by atoms with Crippen molar-refractivity contribution >= 4 is 9.84 Å². The number of hydrogen-bond acceptors (Lipinski definition) is 5. The van der Waals surface area contributed by atoms with Gasteiger partial charge in [-0.15, -0.1) is 0 Å². The minimum absolute atomic E-state index is 0.0113. The van der Waals surface area contributed by atoms with E-state index in [9.17, 15) is 8.42 Å². The van der Waals surface area contributed by atoms with Gasteiger partial charge in [-0.25, -0.2) is 13.4 Å². The second-order valence-electron chi connectivity index (χ2n) is 2.51. The van der Waals surface area contributed by atoms with Gasteiger partial charge in [0.1, 0.15) is 0 Å². The smallest absolute Gasteiger partial charge is 0.250 e. The Morgan fingerprint density at radius 3 is 2.71 bits per heavy atom. The molecule has 0 aromatic carbocycles. The van der Waals surface area contributed by atoms with Crippen molar-refractivity contribution in [1.82, 2.24) is 9.97 Å². The molecule has 14 heavy (non-hydrogen) atoms. The van der Waals surface area contributed by atoms with Crippen LogP contribution in [-0.4, -0.2) is 30.7 Å². The van der Waals surface area contributed by atoms with Crippen molar-refractivity contribution in [3.8, 4) is 5.88 Å². The second kappa shape index (κ2) is 4.36. The van der Waals surface area contributed by atoms with Crippen LogP contribution in [0, 0.1) is 0 Å². The van der Waals surface area contributed by atoms with Crippen molar-refractivity contribution in [2.45, 2.75) is 19.0 Å². The summed E-state index contributed by atoms with van der Waals surface area (Å²) in [6, 6.07) is 1.53. The van der Waals surface area contributed by atoms with E-state index in [1.54, 1.807) is 13.8 Å². The Labute approximate surface area is 83.1 Å². The van der Waals surface area contributed by atoms with Crippen LogP contribution in [0.3, 0.4) is 0 Å². The van der Waals surface area contributed by atoms with E-state index >= 15 is 0 Å². The van der Waals surface area contributed by atoms with Crippen LogP contribution in [0.5, 0.6) is 5.88 Å². The Hall–Kier alpha value is -1.17. The maximum atomic E-state index is 11.4. The topological polar surface area (TPSA) is 69.2 Å². The first-order valence-electron chi connectivity index (χ1n) is 4.28. The minimum atomic E-state index is -3.34. The zero-order chi connectivity index (χ0) is 10.6. The fourth-order valence-electron chi connectivity index (χ4n) is 0.832. The Morgan fingerprint density at radius 1 is 1.43 bits per heavy atom. The maximum Gasteiger partial charge on any atom is 0.250 e. The van der Waals surface area contributed by atoms with Crippen LogP contribution in [0.4, 0.5) is 0 Å². The van der Waals surface area contributed by atoms with Crippen LogP contribution in [0.1, 0.15) is 13.8 Å². The van der Waals surface area contributed by atoms with Gasteiger partial charge in [0.05, 0.1) is 12.4 Å². The Balaban J connectivity index is 3.06. The first-order chi connectivity index (χ1) is 6.60. The fraction of sp³-hybridized carbons (Fsp3) is 0.500. The highest BCUT2D eigenvalue weighted by molar-refractivity contribution is 7.91. The molecule has 0 radical (unpaired) electrons. The molecule has 0 atom stereocenters. The van der Waals surface area contributed by atoms with Gasteiger partial charge in [-0.3, -0.25) is 0 Å². The monoisotopic (exact) mass is 216 g/mol. The SMILES string of the molecule is CCOc1ccnc(S(=O)(=O)CC)n1. The van der Waals surface area contributed by atoms with E-state index in [-0.39, 0.29) is 16.8 Å². The van der Waals surface area contributed by atoms with E-state index in [0.717, 1.165) is 0 Å². The molecule has 0 saturated heterocycles. The molecule has 0 saturated carbocycles. The summed E-state index contributed by atoms with van der Waals surface area (Å²) in [4.78, 5) is 7.47. The molecule has 0 spiro atoms. The van der Waals surface area contributed by atoms with Crippen LogP contribution in [-0.2, 0) is 9.84 Å². The zero-order valence-electron chi connectivity index (χ0n) is 8.10. The van der Waals surface area contributed by atoms with Crippen LogP contribution in [0.15, 0.2) is 17.4 Å². The van der Waals surface area contributed by atoms with Crippen molar-refractivity contribution in [2.75, 3.05) is 12.4 Å². The molecule has 0 bridgehead atoms. The van der Waals surface area contributed by atoms with Gasteiger partial charge in [-0.2, -0.15) is 4.98 Å². The summed E-state index contributed by atoms with van der Waals surface area (Å²) in [6.07, 6.45) is 1.38. The molecule has 1 rings (SSSR count). The van der Waals surface area contributed by atoms with E-state index in [1.165, 1.54) is 12.3 Å². The first-order valence-corrected chi connectivity index (χ1v) is 5.94. The van der Waals surface area contributed by atoms with Gasteiger partial charge >= 0.3 is 0 Å². The van der Waals surface area contributed by atoms with Crippen molar-refractivity contribution in [3.63, 3.8) is 0 Å². The summed E-state index contributed by atoms with van der Waals surface area (Å²) in [5, 5.41) is -0.175.